The van der Waals surface area contributed by atoms with Gasteiger partial charge in [-0.1, -0.05) is 46.1 Å². The molecule has 2 N–H and O–H groups in total. The summed E-state index contributed by atoms with van der Waals surface area (Å²) in [4.78, 5) is 0. The summed E-state index contributed by atoms with van der Waals surface area (Å²) in [6, 6.07) is 6.11. The molecule has 102 valence electrons. The Morgan fingerprint density at radius 1 is 1.22 bits per heavy atom. The average molecular weight is 249 g/mol. The Bertz CT molecular complexity index is 349. The van der Waals surface area contributed by atoms with E-state index >= 15 is 0 Å². The number of unbranched alkanes of at least 4 members (excludes halogenated alkanes) is 1. The van der Waals surface area contributed by atoms with E-state index in [4.69, 9.17) is 10.5 Å². The van der Waals surface area contributed by atoms with Crippen LogP contribution in [0.4, 0.5) is 5.69 Å². The van der Waals surface area contributed by atoms with Crippen molar-refractivity contribution in [2.45, 2.75) is 52.9 Å². The van der Waals surface area contributed by atoms with Crippen molar-refractivity contribution in [3.63, 3.8) is 0 Å². The van der Waals surface area contributed by atoms with Gasteiger partial charge in [-0.05, 0) is 36.5 Å². The van der Waals surface area contributed by atoms with Gasteiger partial charge in [0, 0.05) is 0 Å². The third-order valence-corrected chi connectivity index (χ3v) is 3.50. The van der Waals surface area contributed by atoms with Crippen LogP contribution in [0.25, 0.3) is 0 Å². The highest BCUT2D eigenvalue weighted by atomic mass is 16.5. The number of aryl methyl sites for hydroxylation is 1. The van der Waals surface area contributed by atoms with E-state index in [1.54, 1.807) is 0 Å². The molecule has 1 aromatic rings. The van der Waals surface area contributed by atoms with E-state index in [1.807, 2.05) is 12.1 Å². The summed E-state index contributed by atoms with van der Waals surface area (Å²) in [6.07, 6.45) is 5.97. The Balaban J connectivity index is 2.51. The lowest BCUT2D eigenvalue weighted by Gasteiger charge is -2.16. The molecule has 1 atom stereocenters. The Morgan fingerprint density at radius 3 is 2.56 bits per heavy atom. The summed E-state index contributed by atoms with van der Waals surface area (Å²) in [5.41, 5.74) is 8.03. The van der Waals surface area contributed by atoms with Crippen LogP contribution in [-0.2, 0) is 6.42 Å². The minimum absolute atomic E-state index is 0.648. The summed E-state index contributed by atoms with van der Waals surface area (Å²) in [5.74, 6) is 1.48. The second-order valence-electron chi connectivity index (χ2n) is 4.95. The van der Waals surface area contributed by atoms with Crippen molar-refractivity contribution in [1.82, 2.24) is 0 Å². The van der Waals surface area contributed by atoms with Crippen molar-refractivity contribution in [2.24, 2.45) is 5.92 Å². The highest BCUT2D eigenvalue weighted by Gasteiger charge is 2.08. The van der Waals surface area contributed by atoms with E-state index in [9.17, 15) is 0 Å². The molecule has 0 spiro atoms. The first-order valence-electron chi connectivity index (χ1n) is 7.22. The van der Waals surface area contributed by atoms with Gasteiger partial charge in [-0.25, -0.2) is 0 Å². The SMILES string of the molecule is CCCCC(CC)COc1ccc(CC)cc1N. The summed E-state index contributed by atoms with van der Waals surface area (Å²) in [6.45, 7) is 7.38. The van der Waals surface area contributed by atoms with Crippen LogP contribution >= 0.6 is 0 Å². The van der Waals surface area contributed by atoms with E-state index in [0.29, 0.717) is 5.92 Å². The first-order chi connectivity index (χ1) is 8.71. The molecule has 0 bridgehead atoms. The fourth-order valence-electron chi connectivity index (χ4n) is 2.06. The van der Waals surface area contributed by atoms with Gasteiger partial charge in [-0.15, -0.1) is 0 Å². The topological polar surface area (TPSA) is 35.2 Å². The lowest BCUT2D eigenvalue weighted by Crippen LogP contribution is -2.12. The minimum Gasteiger partial charge on any atom is -0.491 e. The van der Waals surface area contributed by atoms with Crippen LogP contribution in [0.2, 0.25) is 0 Å². The molecule has 1 rings (SSSR count). The van der Waals surface area contributed by atoms with Crippen molar-refractivity contribution in [3.8, 4) is 5.75 Å². The average Bonchev–Trinajstić information content (AvgIpc) is 2.40. The number of hydrogen-bond acceptors (Lipinski definition) is 2. The Morgan fingerprint density at radius 2 is 2.00 bits per heavy atom. The van der Waals surface area contributed by atoms with Gasteiger partial charge in [-0.3, -0.25) is 0 Å². The zero-order chi connectivity index (χ0) is 13.4. The lowest BCUT2D eigenvalue weighted by atomic mass is 10.0. The van der Waals surface area contributed by atoms with Gasteiger partial charge in [0.25, 0.3) is 0 Å². The van der Waals surface area contributed by atoms with Gasteiger partial charge < -0.3 is 10.5 Å². The standard InChI is InChI=1S/C16H27NO/c1-4-7-8-14(6-3)12-18-16-10-9-13(5-2)11-15(16)17/h9-11,14H,4-8,12,17H2,1-3H3. The van der Waals surface area contributed by atoms with Crippen LogP contribution in [-0.4, -0.2) is 6.61 Å². The molecule has 0 aromatic heterocycles. The molecule has 0 aliphatic heterocycles. The van der Waals surface area contributed by atoms with Gasteiger partial charge in [0.15, 0.2) is 0 Å². The van der Waals surface area contributed by atoms with Crippen LogP contribution in [0.1, 0.15) is 52.0 Å². The maximum atomic E-state index is 6.00. The zero-order valence-electron chi connectivity index (χ0n) is 12.0. The number of anilines is 1. The summed E-state index contributed by atoms with van der Waals surface area (Å²) >= 11 is 0. The molecule has 0 saturated carbocycles. The van der Waals surface area contributed by atoms with E-state index in [2.05, 4.69) is 26.8 Å². The zero-order valence-corrected chi connectivity index (χ0v) is 12.0. The molecule has 1 aromatic carbocycles. The highest BCUT2D eigenvalue weighted by Crippen LogP contribution is 2.24. The predicted octanol–water partition coefficient (Wildman–Crippen LogP) is 4.43. The second kappa shape index (κ2) is 8.02. The predicted molar refractivity (Wildman–Crippen MR) is 79.0 cm³/mol. The van der Waals surface area contributed by atoms with Crippen molar-refractivity contribution < 1.29 is 4.74 Å². The molecular weight excluding hydrogens is 222 g/mol. The molecular formula is C16H27NO. The van der Waals surface area contributed by atoms with Crippen LogP contribution in [0.15, 0.2) is 18.2 Å². The van der Waals surface area contributed by atoms with Crippen LogP contribution in [0.5, 0.6) is 5.75 Å². The Kier molecular flexibility index (Phi) is 6.63. The van der Waals surface area contributed by atoms with Crippen LogP contribution < -0.4 is 10.5 Å². The molecule has 18 heavy (non-hydrogen) atoms. The maximum absolute atomic E-state index is 6.00. The molecule has 0 aliphatic rings. The summed E-state index contributed by atoms with van der Waals surface area (Å²) in [7, 11) is 0. The fourth-order valence-corrected chi connectivity index (χ4v) is 2.06. The van der Waals surface area contributed by atoms with E-state index < -0.39 is 0 Å². The Hall–Kier alpha value is -1.18. The smallest absolute Gasteiger partial charge is 0.142 e. The van der Waals surface area contributed by atoms with Gasteiger partial charge in [0.05, 0.1) is 12.3 Å². The Labute approximate surface area is 112 Å². The van der Waals surface area contributed by atoms with Gasteiger partial charge in [0.2, 0.25) is 0 Å². The molecule has 0 amide bonds. The van der Waals surface area contributed by atoms with Gasteiger partial charge >= 0.3 is 0 Å². The van der Waals surface area contributed by atoms with Crippen molar-refractivity contribution in [3.05, 3.63) is 23.8 Å². The van der Waals surface area contributed by atoms with E-state index in [0.717, 1.165) is 24.5 Å². The molecule has 2 nitrogen and oxygen atoms in total. The number of ether oxygens (including phenoxy) is 1. The van der Waals surface area contributed by atoms with Crippen molar-refractivity contribution >= 4 is 5.69 Å². The second-order valence-corrected chi connectivity index (χ2v) is 4.95. The summed E-state index contributed by atoms with van der Waals surface area (Å²) in [5, 5.41) is 0. The number of nitrogen functional groups attached to an aromatic ring is 1. The van der Waals surface area contributed by atoms with Crippen molar-refractivity contribution in [2.75, 3.05) is 12.3 Å². The first kappa shape index (κ1) is 14.9. The third kappa shape index (κ3) is 4.59. The minimum atomic E-state index is 0.648. The number of benzene rings is 1. The highest BCUT2D eigenvalue weighted by molar-refractivity contribution is 5.54. The van der Waals surface area contributed by atoms with Crippen molar-refractivity contribution in [1.29, 1.82) is 0 Å². The summed E-state index contributed by atoms with van der Waals surface area (Å²) < 4.78 is 5.86. The lowest BCUT2D eigenvalue weighted by molar-refractivity contribution is 0.234. The van der Waals surface area contributed by atoms with Crippen LogP contribution in [0, 0.1) is 5.92 Å². The molecule has 0 radical (unpaired) electrons. The fraction of sp³-hybridized carbons (Fsp3) is 0.625. The third-order valence-electron chi connectivity index (χ3n) is 3.50. The number of nitrogens with two attached hydrogens (primary N) is 1. The van der Waals surface area contributed by atoms with E-state index in [1.165, 1.54) is 31.2 Å². The maximum Gasteiger partial charge on any atom is 0.142 e. The number of rotatable bonds is 8. The molecule has 0 saturated heterocycles. The quantitative estimate of drug-likeness (QED) is 0.692. The molecule has 1 unspecified atom stereocenters. The molecule has 0 fully saturated rings. The van der Waals surface area contributed by atoms with E-state index in [-0.39, 0.29) is 0 Å². The molecule has 2 heteroatoms. The van der Waals surface area contributed by atoms with Crippen LogP contribution in [0.3, 0.4) is 0 Å². The van der Waals surface area contributed by atoms with Gasteiger partial charge in [-0.2, -0.15) is 0 Å². The normalized spacial score (nSPS) is 12.4. The molecule has 0 heterocycles. The monoisotopic (exact) mass is 249 g/mol. The van der Waals surface area contributed by atoms with Gasteiger partial charge in [0.1, 0.15) is 5.75 Å². The largest absolute Gasteiger partial charge is 0.491 e. The molecule has 0 aliphatic carbocycles. The number of hydrogen-bond donors (Lipinski definition) is 1. The first-order valence-corrected chi connectivity index (χ1v) is 7.22.